The molecule has 1 aromatic rings. The Hall–Kier alpha value is -1.36. The van der Waals surface area contributed by atoms with Crippen molar-refractivity contribution in [1.82, 2.24) is 9.97 Å². The van der Waals surface area contributed by atoms with Crippen LogP contribution in [-0.4, -0.2) is 35.3 Å². The van der Waals surface area contributed by atoms with Crippen LogP contribution < -0.4 is 10.6 Å². The van der Waals surface area contributed by atoms with Crippen LogP contribution in [0.5, 0.6) is 0 Å². The maximum atomic E-state index is 6.05. The molecule has 2 heterocycles. The van der Waals surface area contributed by atoms with Gasteiger partial charge in [-0.15, -0.1) is 0 Å². The summed E-state index contributed by atoms with van der Waals surface area (Å²) in [6, 6.07) is 0. The summed E-state index contributed by atoms with van der Waals surface area (Å²) >= 11 is 0. The predicted molar refractivity (Wildman–Crippen MR) is 77.5 cm³/mol. The Morgan fingerprint density at radius 2 is 2.00 bits per heavy atom. The number of hydrogen-bond donors (Lipinski definition) is 1. The number of rotatable bonds is 2. The summed E-state index contributed by atoms with van der Waals surface area (Å²) in [5.41, 5.74) is 6.93. The molecule has 0 amide bonds. The minimum absolute atomic E-state index is 0.0714. The summed E-state index contributed by atoms with van der Waals surface area (Å²) in [7, 11) is 0. The van der Waals surface area contributed by atoms with E-state index < -0.39 is 0 Å². The van der Waals surface area contributed by atoms with Crippen molar-refractivity contribution in [2.45, 2.75) is 46.1 Å². The molecule has 1 aliphatic heterocycles. The topological polar surface area (TPSA) is 64.3 Å². The third kappa shape index (κ3) is 2.66. The number of anilines is 2. The maximum absolute atomic E-state index is 6.05. The maximum Gasteiger partial charge on any atom is 0.137 e. The first-order valence-electron chi connectivity index (χ1n) is 6.82. The quantitative estimate of drug-likeness (QED) is 0.886. The Kier molecular flexibility index (Phi) is 3.67. The van der Waals surface area contributed by atoms with Crippen LogP contribution in [0.3, 0.4) is 0 Å². The van der Waals surface area contributed by atoms with Crippen molar-refractivity contribution in [3.63, 3.8) is 0 Å². The highest BCUT2D eigenvalue weighted by Gasteiger charge is 2.33. The van der Waals surface area contributed by atoms with E-state index in [4.69, 9.17) is 15.5 Å². The van der Waals surface area contributed by atoms with Gasteiger partial charge in [0.2, 0.25) is 0 Å². The largest absolute Gasteiger partial charge is 0.383 e. The van der Waals surface area contributed by atoms with Crippen LogP contribution in [0.1, 0.15) is 45.0 Å². The predicted octanol–water partition coefficient (Wildman–Crippen LogP) is 2.11. The van der Waals surface area contributed by atoms with Crippen LogP contribution in [0.25, 0.3) is 0 Å². The van der Waals surface area contributed by atoms with Gasteiger partial charge in [-0.2, -0.15) is 0 Å². The minimum Gasteiger partial charge on any atom is -0.383 e. The molecule has 1 fully saturated rings. The van der Waals surface area contributed by atoms with Crippen LogP contribution in [0.4, 0.5) is 11.6 Å². The van der Waals surface area contributed by atoms with E-state index in [9.17, 15) is 0 Å². The summed E-state index contributed by atoms with van der Waals surface area (Å²) < 4.78 is 5.57. The molecule has 0 aromatic carbocycles. The standard InChI is InChI=1S/C14H24N4O/c1-9(2)12-16-11(15)10(3)13(17-12)18-6-7-19-8-14(18,4)5/h9H,6-8H2,1-5H3,(H2,15,16,17). The molecule has 0 spiro atoms. The minimum atomic E-state index is -0.0714. The van der Waals surface area contributed by atoms with E-state index in [1.54, 1.807) is 0 Å². The van der Waals surface area contributed by atoms with Gasteiger partial charge in [-0.3, -0.25) is 0 Å². The fraction of sp³-hybridized carbons (Fsp3) is 0.714. The summed E-state index contributed by atoms with van der Waals surface area (Å²) in [4.78, 5) is 11.4. The Morgan fingerprint density at radius 1 is 1.32 bits per heavy atom. The highest BCUT2D eigenvalue weighted by molar-refractivity contribution is 5.58. The zero-order valence-corrected chi connectivity index (χ0v) is 12.5. The van der Waals surface area contributed by atoms with E-state index in [1.807, 2.05) is 6.92 Å². The summed E-state index contributed by atoms with van der Waals surface area (Å²) in [5, 5.41) is 0. The first-order chi connectivity index (χ1) is 8.83. The third-order valence-electron chi connectivity index (χ3n) is 3.59. The highest BCUT2D eigenvalue weighted by Crippen LogP contribution is 2.31. The molecule has 5 heteroatoms. The SMILES string of the molecule is Cc1c(N)nc(C(C)C)nc1N1CCOCC1(C)C. The van der Waals surface area contributed by atoms with E-state index in [0.717, 1.165) is 30.4 Å². The van der Waals surface area contributed by atoms with Gasteiger partial charge in [0.15, 0.2) is 0 Å². The fourth-order valence-corrected chi connectivity index (χ4v) is 2.31. The van der Waals surface area contributed by atoms with Crippen LogP contribution in [0.15, 0.2) is 0 Å². The molecule has 1 aliphatic rings. The molecule has 2 rings (SSSR count). The first kappa shape index (κ1) is 14.1. The van der Waals surface area contributed by atoms with Crippen molar-refractivity contribution in [1.29, 1.82) is 0 Å². The van der Waals surface area contributed by atoms with Crippen LogP contribution in [0, 0.1) is 6.92 Å². The fourth-order valence-electron chi connectivity index (χ4n) is 2.31. The van der Waals surface area contributed by atoms with Gasteiger partial charge in [0.1, 0.15) is 17.5 Å². The monoisotopic (exact) mass is 264 g/mol. The van der Waals surface area contributed by atoms with Gasteiger partial charge in [0, 0.05) is 18.0 Å². The number of nitrogens with zero attached hydrogens (tertiary/aromatic N) is 3. The Labute approximate surface area is 115 Å². The molecule has 5 nitrogen and oxygen atoms in total. The molecule has 0 atom stereocenters. The van der Waals surface area contributed by atoms with E-state index in [2.05, 4.69) is 37.6 Å². The number of nitrogen functional groups attached to an aromatic ring is 1. The average molecular weight is 264 g/mol. The second kappa shape index (κ2) is 4.96. The zero-order chi connectivity index (χ0) is 14.2. The summed E-state index contributed by atoms with van der Waals surface area (Å²) in [5.74, 6) is 2.60. The number of ether oxygens (including phenoxy) is 1. The van der Waals surface area contributed by atoms with Crippen molar-refractivity contribution in [3.8, 4) is 0 Å². The molecular weight excluding hydrogens is 240 g/mol. The lowest BCUT2D eigenvalue weighted by Gasteiger charge is -2.43. The molecule has 1 saturated heterocycles. The molecule has 106 valence electrons. The van der Waals surface area contributed by atoms with Crippen LogP contribution in [-0.2, 0) is 4.74 Å². The lowest BCUT2D eigenvalue weighted by Crippen LogP contribution is -2.54. The van der Waals surface area contributed by atoms with Gasteiger partial charge < -0.3 is 15.4 Å². The molecule has 2 N–H and O–H groups in total. The second-order valence-corrected chi connectivity index (χ2v) is 6.09. The average Bonchev–Trinajstić information content (AvgIpc) is 2.32. The normalized spacial score (nSPS) is 18.9. The number of hydrogen-bond acceptors (Lipinski definition) is 5. The number of nitrogens with two attached hydrogens (primary N) is 1. The zero-order valence-electron chi connectivity index (χ0n) is 12.5. The molecule has 0 bridgehead atoms. The molecule has 0 radical (unpaired) electrons. The van der Waals surface area contributed by atoms with E-state index >= 15 is 0 Å². The third-order valence-corrected chi connectivity index (χ3v) is 3.59. The highest BCUT2D eigenvalue weighted by atomic mass is 16.5. The Morgan fingerprint density at radius 3 is 2.58 bits per heavy atom. The van der Waals surface area contributed by atoms with Crippen molar-refractivity contribution < 1.29 is 4.74 Å². The van der Waals surface area contributed by atoms with Crippen molar-refractivity contribution >= 4 is 11.6 Å². The lowest BCUT2D eigenvalue weighted by molar-refractivity contribution is 0.0638. The molecule has 0 unspecified atom stereocenters. The summed E-state index contributed by atoms with van der Waals surface area (Å²) in [6.07, 6.45) is 0. The smallest absolute Gasteiger partial charge is 0.137 e. The van der Waals surface area contributed by atoms with Gasteiger partial charge in [-0.05, 0) is 20.8 Å². The van der Waals surface area contributed by atoms with Crippen LogP contribution >= 0.6 is 0 Å². The second-order valence-electron chi connectivity index (χ2n) is 6.09. The van der Waals surface area contributed by atoms with Crippen molar-refractivity contribution in [2.75, 3.05) is 30.4 Å². The van der Waals surface area contributed by atoms with Gasteiger partial charge in [0.05, 0.1) is 18.8 Å². The Balaban J connectivity index is 2.48. The molecule has 19 heavy (non-hydrogen) atoms. The van der Waals surface area contributed by atoms with E-state index in [0.29, 0.717) is 12.4 Å². The van der Waals surface area contributed by atoms with Crippen LogP contribution in [0.2, 0.25) is 0 Å². The lowest BCUT2D eigenvalue weighted by atomic mass is 10.0. The molecule has 1 aromatic heterocycles. The summed E-state index contributed by atoms with van der Waals surface area (Å²) in [6.45, 7) is 12.7. The van der Waals surface area contributed by atoms with Gasteiger partial charge in [-0.25, -0.2) is 9.97 Å². The number of aromatic nitrogens is 2. The van der Waals surface area contributed by atoms with E-state index in [-0.39, 0.29) is 11.5 Å². The van der Waals surface area contributed by atoms with Gasteiger partial charge >= 0.3 is 0 Å². The molecular formula is C14H24N4O. The van der Waals surface area contributed by atoms with Gasteiger partial charge in [0.25, 0.3) is 0 Å². The van der Waals surface area contributed by atoms with E-state index in [1.165, 1.54) is 0 Å². The van der Waals surface area contributed by atoms with Crippen molar-refractivity contribution in [2.24, 2.45) is 0 Å². The number of morpholine rings is 1. The Bertz CT molecular complexity index is 471. The first-order valence-corrected chi connectivity index (χ1v) is 6.82. The molecule has 0 saturated carbocycles. The molecule has 0 aliphatic carbocycles. The van der Waals surface area contributed by atoms with Gasteiger partial charge in [-0.1, -0.05) is 13.8 Å². The van der Waals surface area contributed by atoms with Crippen molar-refractivity contribution in [3.05, 3.63) is 11.4 Å².